The highest BCUT2D eigenvalue weighted by Crippen LogP contribution is 2.33. The van der Waals surface area contributed by atoms with Crippen LogP contribution in [0.3, 0.4) is 0 Å². The molecule has 0 amide bonds. The van der Waals surface area contributed by atoms with Gasteiger partial charge in [-0.15, -0.1) is 0 Å². The van der Waals surface area contributed by atoms with Crippen LogP contribution in [-0.2, 0) is 0 Å². The first-order valence-corrected chi connectivity index (χ1v) is 5.23. The van der Waals surface area contributed by atoms with Crippen molar-refractivity contribution in [1.29, 1.82) is 0 Å². The largest absolute Gasteiger partial charge is 0.330 e. The fourth-order valence-electron chi connectivity index (χ4n) is 2.54. The quantitative estimate of drug-likeness (QED) is 0.668. The third kappa shape index (κ3) is 1.50. The average molecular weight is 168 g/mol. The van der Waals surface area contributed by atoms with Gasteiger partial charge in [-0.2, -0.15) is 0 Å². The van der Waals surface area contributed by atoms with Gasteiger partial charge in [-0.1, -0.05) is 6.92 Å². The van der Waals surface area contributed by atoms with Crippen molar-refractivity contribution >= 4 is 0 Å². The Morgan fingerprint density at radius 3 is 2.67 bits per heavy atom. The Labute approximate surface area is 75.1 Å². The Bertz CT molecular complexity index is 152. The van der Waals surface area contributed by atoms with Crippen molar-refractivity contribution < 1.29 is 0 Å². The molecule has 2 N–H and O–H groups in total. The average Bonchev–Trinajstić information content (AvgIpc) is 2.46. The molecule has 1 atom stereocenters. The Morgan fingerprint density at radius 1 is 1.42 bits per heavy atom. The van der Waals surface area contributed by atoms with Gasteiger partial charge >= 0.3 is 0 Å². The first-order chi connectivity index (χ1) is 5.79. The van der Waals surface area contributed by atoms with Crippen molar-refractivity contribution in [1.82, 2.24) is 4.90 Å². The highest BCUT2D eigenvalue weighted by Gasteiger charge is 2.34. The van der Waals surface area contributed by atoms with Gasteiger partial charge in [-0.05, 0) is 44.2 Å². The molecule has 70 valence electrons. The third-order valence-corrected chi connectivity index (χ3v) is 3.52. The Balaban J connectivity index is 1.76. The normalized spacial score (nSPS) is 43.0. The van der Waals surface area contributed by atoms with Gasteiger partial charge in [0.15, 0.2) is 0 Å². The van der Waals surface area contributed by atoms with E-state index in [0.717, 1.165) is 24.4 Å². The maximum atomic E-state index is 5.66. The van der Waals surface area contributed by atoms with Crippen LogP contribution in [-0.4, -0.2) is 30.6 Å². The van der Waals surface area contributed by atoms with Crippen LogP contribution in [0, 0.1) is 11.8 Å². The van der Waals surface area contributed by atoms with E-state index in [9.17, 15) is 0 Å². The van der Waals surface area contributed by atoms with E-state index in [1.807, 2.05) is 0 Å². The molecule has 1 heterocycles. The SMILES string of the molecule is CC1CC(N2CCC(CN)C2)C1. The summed E-state index contributed by atoms with van der Waals surface area (Å²) in [4.78, 5) is 2.65. The first-order valence-electron chi connectivity index (χ1n) is 5.23. The molecule has 2 fully saturated rings. The van der Waals surface area contributed by atoms with Crippen LogP contribution in [0.15, 0.2) is 0 Å². The summed E-state index contributed by atoms with van der Waals surface area (Å²) in [5.41, 5.74) is 5.66. The van der Waals surface area contributed by atoms with E-state index in [4.69, 9.17) is 5.73 Å². The summed E-state index contributed by atoms with van der Waals surface area (Å²) in [5, 5.41) is 0. The van der Waals surface area contributed by atoms with Crippen molar-refractivity contribution in [3.8, 4) is 0 Å². The Morgan fingerprint density at radius 2 is 2.17 bits per heavy atom. The molecule has 1 saturated carbocycles. The number of nitrogens with two attached hydrogens (primary N) is 1. The van der Waals surface area contributed by atoms with Crippen LogP contribution in [0.5, 0.6) is 0 Å². The molecule has 0 spiro atoms. The van der Waals surface area contributed by atoms with Gasteiger partial charge in [-0.25, -0.2) is 0 Å². The second kappa shape index (κ2) is 3.35. The second-order valence-corrected chi connectivity index (χ2v) is 4.62. The Kier molecular flexibility index (Phi) is 2.37. The van der Waals surface area contributed by atoms with E-state index in [2.05, 4.69) is 11.8 Å². The van der Waals surface area contributed by atoms with E-state index in [1.54, 1.807) is 0 Å². The first kappa shape index (κ1) is 8.52. The van der Waals surface area contributed by atoms with Crippen LogP contribution < -0.4 is 5.73 Å². The summed E-state index contributed by atoms with van der Waals surface area (Å²) in [6.45, 7) is 5.82. The summed E-state index contributed by atoms with van der Waals surface area (Å²) in [6.07, 6.45) is 4.19. The highest BCUT2D eigenvalue weighted by molar-refractivity contribution is 4.89. The fraction of sp³-hybridized carbons (Fsp3) is 1.00. The number of rotatable bonds is 2. The molecule has 0 aromatic rings. The molecule has 1 saturated heterocycles. The minimum absolute atomic E-state index is 0.793. The number of likely N-dealkylation sites (tertiary alicyclic amines) is 1. The monoisotopic (exact) mass is 168 g/mol. The zero-order valence-corrected chi connectivity index (χ0v) is 8.00. The summed E-state index contributed by atoms with van der Waals surface area (Å²) < 4.78 is 0. The zero-order valence-electron chi connectivity index (χ0n) is 8.00. The van der Waals surface area contributed by atoms with Gasteiger partial charge in [-0.3, -0.25) is 0 Å². The lowest BCUT2D eigenvalue weighted by Crippen LogP contribution is -2.42. The van der Waals surface area contributed by atoms with Crippen molar-refractivity contribution in [2.24, 2.45) is 17.6 Å². The molecule has 1 unspecified atom stereocenters. The van der Waals surface area contributed by atoms with Gasteiger partial charge in [0.2, 0.25) is 0 Å². The third-order valence-electron chi connectivity index (χ3n) is 3.52. The molecule has 0 aromatic carbocycles. The van der Waals surface area contributed by atoms with Crippen LogP contribution in [0.4, 0.5) is 0 Å². The van der Waals surface area contributed by atoms with Crippen molar-refractivity contribution in [3.63, 3.8) is 0 Å². The molecule has 0 radical (unpaired) electrons. The van der Waals surface area contributed by atoms with E-state index >= 15 is 0 Å². The fourth-order valence-corrected chi connectivity index (χ4v) is 2.54. The molecule has 1 aliphatic heterocycles. The second-order valence-electron chi connectivity index (χ2n) is 4.62. The summed E-state index contributed by atoms with van der Waals surface area (Å²) in [6, 6.07) is 0.913. The van der Waals surface area contributed by atoms with Gasteiger partial charge < -0.3 is 10.6 Å². The molecular formula is C10H20N2. The van der Waals surface area contributed by atoms with E-state index in [0.29, 0.717) is 0 Å². The van der Waals surface area contributed by atoms with Crippen LogP contribution in [0.2, 0.25) is 0 Å². The maximum absolute atomic E-state index is 5.66. The summed E-state index contributed by atoms with van der Waals surface area (Å²) >= 11 is 0. The highest BCUT2D eigenvalue weighted by atomic mass is 15.2. The van der Waals surface area contributed by atoms with E-state index < -0.39 is 0 Å². The molecular weight excluding hydrogens is 148 g/mol. The summed E-state index contributed by atoms with van der Waals surface area (Å²) in [5.74, 6) is 1.77. The lowest BCUT2D eigenvalue weighted by molar-refractivity contribution is 0.106. The molecule has 0 bridgehead atoms. The van der Waals surface area contributed by atoms with Gasteiger partial charge in [0.1, 0.15) is 0 Å². The molecule has 1 aliphatic carbocycles. The predicted molar refractivity (Wildman–Crippen MR) is 50.9 cm³/mol. The molecule has 2 rings (SSSR count). The number of hydrogen-bond donors (Lipinski definition) is 1. The lowest BCUT2D eigenvalue weighted by Gasteiger charge is -2.39. The smallest absolute Gasteiger partial charge is 0.0100 e. The van der Waals surface area contributed by atoms with Gasteiger partial charge in [0.25, 0.3) is 0 Å². The van der Waals surface area contributed by atoms with Crippen molar-refractivity contribution in [2.45, 2.75) is 32.2 Å². The van der Waals surface area contributed by atoms with Gasteiger partial charge in [0, 0.05) is 12.6 Å². The standard InChI is InChI=1S/C10H20N2/c1-8-4-10(5-8)12-3-2-9(6-11)7-12/h8-10H,2-7,11H2,1H3. The van der Waals surface area contributed by atoms with E-state index in [1.165, 1.54) is 32.4 Å². The van der Waals surface area contributed by atoms with E-state index in [-0.39, 0.29) is 0 Å². The van der Waals surface area contributed by atoms with Crippen molar-refractivity contribution in [3.05, 3.63) is 0 Å². The Hall–Kier alpha value is -0.0800. The zero-order chi connectivity index (χ0) is 8.55. The molecule has 12 heavy (non-hydrogen) atoms. The van der Waals surface area contributed by atoms with Crippen LogP contribution in [0.25, 0.3) is 0 Å². The topological polar surface area (TPSA) is 29.3 Å². The molecule has 0 aromatic heterocycles. The number of nitrogens with zero attached hydrogens (tertiary/aromatic N) is 1. The van der Waals surface area contributed by atoms with Crippen molar-refractivity contribution in [2.75, 3.05) is 19.6 Å². The van der Waals surface area contributed by atoms with Gasteiger partial charge in [0.05, 0.1) is 0 Å². The molecule has 2 aliphatic rings. The summed E-state index contributed by atoms with van der Waals surface area (Å²) in [7, 11) is 0. The lowest BCUT2D eigenvalue weighted by atomic mass is 9.81. The molecule has 2 heteroatoms. The molecule has 2 nitrogen and oxygen atoms in total. The predicted octanol–water partition coefficient (Wildman–Crippen LogP) is 1.07. The maximum Gasteiger partial charge on any atom is 0.0100 e. The minimum atomic E-state index is 0.793. The number of hydrogen-bond acceptors (Lipinski definition) is 2. The minimum Gasteiger partial charge on any atom is -0.330 e. The van der Waals surface area contributed by atoms with Crippen LogP contribution >= 0.6 is 0 Å². The van der Waals surface area contributed by atoms with Crippen LogP contribution in [0.1, 0.15) is 26.2 Å².